The number of hydrogen-bond acceptors (Lipinski definition) is 5. The van der Waals surface area contributed by atoms with Gasteiger partial charge in [-0.05, 0) is 37.1 Å². The summed E-state index contributed by atoms with van der Waals surface area (Å²) in [5.41, 5.74) is 1.67. The minimum atomic E-state index is -0.178. The highest BCUT2D eigenvalue weighted by Gasteiger charge is 2.22. The Balaban J connectivity index is 1.32. The highest BCUT2D eigenvalue weighted by Crippen LogP contribution is 2.23. The summed E-state index contributed by atoms with van der Waals surface area (Å²) in [6, 6.07) is 10.7. The normalized spacial score (nSPS) is 18.2. The lowest BCUT2D eigenvalue weighted by Gasteiger charge is -2.37. The molecule has 0 saturated carbocycles. The van der Waals surface area contributed by atoms with Crippen molar-refractivity contribution in [3.05, 3.63) is 48.4 Å². The molecule has 28 heavy (non-hydrogen) atoms. The molecule has 4 rings (SSSR count). The first-order valence-corrected chi connectivity index (χ1v) is 9.80. The highest BCUT2D eigenvalue weighted by molar-refractivity contribution is 5.91. The predicted molar refractivity (Wildman–Crippen MR) is 107 cm³/mol. The van der Waals surface area contributed by atoms with E-state index in [4.69, 9.17) is 4.74 Å². The molecule has 1 N–H and O–H groups in total. The molecule has 2 fully saturated rings. The second kappa shape index (κ2) is 8.56. The average molecular weight is 384 g/mol. The fourth-order valence-electron chi connectivity index (χ4n) is 3.75. The van der Waals surface area contributed by atoms with Crippen LogP contribution in [0.1, 0.15) is 12.8 Å². The molecule has 2 aromatic rings. The third kappa shape index (κ3) is 4.25. The van der Waals surface area contributed by atoms with Crippen LogP contribution in [0.5, 0.6) is 0 Å². The maximum absolute atomic E-state index is 14.0. The van der Waals surface area contributed by atoms with E-state index in [-0.39, 0.29) is 17.6 Å². The summed E-state index contributed by atoms with van der Waals surface area (Å²) >= 11 is 0. The number of para-hydroxylation sites is 1. The van der Waals surface area contributed by atoms with Crippen LogP contribution in [0, 0.1) is 11.7 Å². The Kier molecular flexibility index (Phi) is 5.71. The molecule has 6 nitrogen and oxygen atoms in total. The van der Waals surface area contributed by atoms with E-state index >= 15 is 0 Å². The van der Waals surface area contributed by atoms with Crippen molar-refractivity contribution in [3.8, 4) is 0 Å². The van der Waals surface area contributed by atoms with Gasteiger partial charge in [-0.15, -0.1) is 0 Å². The molecule has 0 aliphatic carbocycles. The van der Waals surface area contributed by atoms with Gasteiger partial charge in [-0.25, -0.2) is 9.37 Å². The van der Waals surface area contributed by atoms with E-state index in [1.165, 1.54) is 6.07 Å². The average Bonchev–Trinajstić information content (AvgIpc) is 2.75. The zero-order chi connectivity index (χ0) is 19.3. The first kappa shape index (κ1) is 18.7. The van der Waals surface area contributed by atoms with E-state index < -0.39 is 0 Å². The van der Waals surface area contributed by atoms with Gasteiger partial charge in [0.2, 0.25) is 5.91 Å². The first-order chi connectivity index (χ1) is 13.7. The third-order valence-corrected chi connectivity index (χ3v) is 5.43. The van der Waals surface area contributed by atoms with Crippen LogP contribution in [0.2, 0.25) is 0 Å². The Morgan fingerprint density at radius 1 is 1.04 bits per heavy atom. The number of nitrogens with one attached hydrogen (secondary N) is 1. The van der Waals surface area contributed by atoms with Gasteiger partial charge in [-0.3, -0.25) is 4.79 Å². The summed E-state index contributed by atoms with van der Waals surface area (Å²) in [7, 11) is 0. The van der Waals surface area contributed by atoms with Gasteiger partial charge in [0.25, 0.3) is 0 Å². The molecule has 1 amide bonds. The first-order valence-electron chi connectivity index (χ1n) is 9.80. The molecule has 2 aliphatic heterocycles. The van der Waals surface area contributed by atoms with Crippen molar-refractivity contribution in [2.75, 3.05) is 54.5 Å². The van der Waals surface area contributed by atoms with E-state index in [1.807, 2.05) is 24.3 Å². The monoisotopic (exact) mass is 384 g/mol. The van der Waals surface area contributed by atoms with Crippen LogP contribution in [0.15, 0.2) is 42.6 Å². The molecule has 0 bridgehead atoms. The van der Waals surface area contributed by atoms with Crippen molar-refractivity contribution in [2.24, 2.45) is 5.92 Å². The molecular formula is C21H25FN4O2. The molecular weight excluding hydrogens is 359 g/mol. The molecule has 0 spiro atoms. The topological polar surface area (TPSA) is 57.7 Å². The van der Waals surface area contributed by atoms with E-state index in [0.717, 1.165) is 44.7 Å². The van der Waals surface area contributed by atoms with Crippen LogP contribution >= 0.6 is 0 Å². The Bertz CT molecular complexity index is 800. The molecule has 0 radical (unpaired) electrons. The smallest absolute Gasteiger partial charge is 0.228 e. The van der Waals surface area contributed by atoms with Crippen LogP contribution in [0.3, 0.4) is 0 Å². The van der Waals surface area contributed by atoms with Gasteiger partial charge in [0.15, 0.2) is 0 Å². The van der Waals surface area contributed by atoms with E-state index in [0.29, 0.717) is 24.7 Å². The Hall–Kier alpha value is -2.67. The molecule has 1 aromatic heterocycles. The summed E-state index contributed by atoms with van der Waals surface area (Å²) in [5.74, 6) is 0.413. The third-order valence-electron chi connectivity index (χ3n) is 5.43. The van der Waals surface area contributed by atoms with E-state index in [1.54, 1.807) is 12.3 Å². The molecule has 3 heterocycles. The number of pyridine rings is 1. The second-order valence-corrected chi connectivity index (χ2v) is 7.20. The SMILES string of the molecule is O=C(Nc1ccc(N2CCN(c3ccccc3F)CC2)cn1)C1CCOCC1. The lowest BCUT2D eigenvalue weighted by atomic mass is 9.99. The number of hydrogen-bond donors (Lipinski definition) is 1. The fraction of sp³-hybridized carbons (Fsp3) is 0.429. The fourth-order valence-corrected chi connectivity index (χ4v) is 3.75. The van der Waals surface area contributed by atoms with E-state index in [2.05, 4.69) is 20.1 Å². The molecule has 148 valence electrons. The molecule has 1 aromatic carbocycles. The Morgan fingerprint density at radius 3 is 2.43 bits per heavy atom. The van der Waals surface area contributed by atoms with Crippen LogP contribution in [0.4, 0.5) is 21.6 Å². The number of amides is 1. The van der Waals surface area contributed by atoms with Gasteiger partial charge in [-0.1, -0.05) is 12.1 Å². The largest absolute Gasteiger partial charge is 0.381 e. The highest BCUT2D eigenvalue weighted by atomic mass is 19.1. The Labute approximate surface area is 164 Å². The number of carbonyl (C=O) groups is 1. The van der Waals surface area contributed by atoms with Gasteiger partial charge >= 0.3 is 0 Å². The van der Waals surface area contributed by atoms with Crippen LogP contribution in [-0.4, -0.2) is 50.3 Å². The van der Waals surface area contributed by atoms with Crippen molar-refractivity contribution >= 4 is 23.1 Å². The molecule has 0 unspecified atom stereocenters. The number of rotatable bonds is 4. The Morgan fingerprint density at radius 2 is 1.75 bits per heavy atom. The minimum absolute atomic E-state index is 0.00156. The number of aromatic nitrogens is 1. The van der Waals surface area contributed by atoms with Crippen LogP contribution in [-0.2, 0) is 9.53 Å². The summed E-state index contributed by atoms with van der Waals surface area (Å²) < 4.78 is 19.3. The lowest BCUT2D eigenvalue weighted by Crippen LogP contribution is -2.46. The number of anilines is 3. The molecule has 7 heteroatoms. The van der Waals surface area contributed by atoms with Crippen molar-refractivity contribution in [2.45, 2.75) is 12.8 Å². The quantitative estimate of drug-likeness (QED) is 0.878. The van der Waals surface area contributed by atoms with Gasteiger partial charge in [0, 0.05) is 45.3 Å². The number of piperazine rings is 1. The lowest BCUT2D eigenvalue weighted by molar-refractivity contribution is -0.122. The summed E-state index contributed by atoms with van der Waals surface area (Å²) in [5, 5.41) is 2.90. The number of benzene rings is 1. The van der Waals surface area contributed by atoms with Gasteiger partial charge in [-0.2, -0.15) is 0 Å². The maximum atomic E-state index is 14.0. The van der Waals surface area contributed by atoms with Crippen molar-refractivity contribution in [1.82, 2.24) is 4.98 Å². The van der Waals surface area contributed by atoms with Crippen molar-refractivity contribution in [1.29, 1.82) is 0 Å². The zero-order valence-electron chi connectivity index (χ0n) is 15.8. The number of carbonyl (C=O) groups excluding carboxylic acids is 1. The standard InChI is InChI=1S/C21H25FN4O2/c22-18-3-1-2-4-19(18)26-11-9-25(10-12-26)17-5-6-20(23-15-17)24-21(27)16-7-13-28-14-8-16/h1-6,15-16H,7-14H2,(H,23,24,27). The molecule has 2 saturated heterocycles. The van der Waals surface area contributed by atoms with Crippen LogP contribution < -0.4 is 15.1 Å². The van der Waals surface area contributed by atoms with Crippen molar-refractivity contribution < 1.29 is 13.9 Å². The maximum Gasteiger partial charge on any atom is 0.228 e. The second-order valence-electron chi connectivity index (χ2n) is 7.20. The molecule has 2 aliphatic rings. The van der Waals surface area contributed by atoms with Gasteiger partial charge < -0.3 is 19.9 Å². The number of nitrogens with zero attached hydrogens (tertiary/aromatic N) is 3. The van der Waals surface area contributed by atoms with Gasteiger partial charge in [0.1, 0.15) is 11.6 Å². The van der Waals surface area contributed by atoms with Crippen LogP contribution in [0.25, 0.3) is 0 Å². The van der Waals surface area contributed by atoms with Crippen molar-refractivity contribution in [3.63, 3.8) is 0 Å². The van der Waals surface area contributed by atoms with Gasteiger partial charge in [0.05, 0.1) is 17.6 Å². The molecule has 0 atom stereocenters. The minimum Gasteiger partial charge on any atom is -0.381 e. The number of halogens is 1. The zero-order valence-corrected chi connectivity index (χ0v) is 15.8. The summed E-state index contributed by atoms with van der Waals surface area (Å²) in [6.45, 7) is 4.38. The number of ether oxygens (including phenoxy) is 1. The summed E-state index contributed by atoms with van der Waals surface area (Å²) in [4.78, 5) is 21.0. The van der Waals surface area contributed by atoms with E-state index in [9.17, 15) is 9.18 Å². The predicted octanol–water partition coefficient (Wildman–Crippen LogP) is 2.91. The summed E-state index contributed by atoms with van der Waals surface area (Å²) in [6.07, 6.45) is 3.31.